The molecule has 2 heterocycles. The maximum Gasteiger partial charge on any atom is 0.271 e. The summed E-state index contributed by atoms with van der Waals surface area (Å²) in [5.41, 5.74) is 9.00. The number of fused-ring (bicyclic) bond motifs is 1. The normalized spacial score (nSPS) is 12.4. The quantitative estimate of drug-likeness (QED) is 0.603. The van der Waals surface area contributed by atoms with Gasteiger partial charge in [0.2, 0.25) is 5.91 Å². The lowest BCUT2D eigenvalue weighted by atomic mass is 10.0. The Morgan fingerprint density at radius 3 is 2.17 bits per heavy atom. The first-order valence-electron chi connectivity index (χ1n) is 10.4. The number of nitrogens with two attached hydrogens (primary N) is 1. The number of carbonyl (C=O) groups excluding carboxylic acids is 2. The summed E-state index contributed by atoms with van der Waals surface area (Å²) in [6.07, 6.45) is 9.86. The molecular weight excluding hydrogens is 378 g/mol. The predicted octanol–water partition coefficient (Wildman–Crippen LogP) is 4.13. The van der Waals surface area contributed by atoms with Crippen molar-refractivity contribution in [2.75, 3.05) is 7.05 Å². The van der Waals surface area contributed by atoms with E-state index in [-0.39, 0.29) is 11.8 Å². The average Bonchev–Trinajstić information content (AvgIpc) is 3.49. The highest BCUT2D eigenvalue weighted by atomic mass is 16.2. The highest BCUT2D eigenvalue weighted by Gasteiger charge is 2.10. The van der Waals surface area contributed by atoms with Crippen LogP contribution in [0.15, 0.2) is 36.5 Å². The Bertz CT molecular complexity index is 952. The maximum absolute atomic E-state index is 11.5. The number of nitrogens with zero attached hydrogens (tertiary/aromatic N) is 2. The van der Waals surface area contributed by atoms with Crippen LogP contribution in [-0.2, 0) is 4.79 Å². The van der Waals surface area contributed by atoms with E-state index in [0.29, 0.717) is 12.1 Å². The number of aromatic nitrogens is 3. The van der Waals surface area contributed by atoms with E-state index in [1.54, 1.807) is 20.0 Å². The van der Waals surface area contributed by atoms with Gasteiger partial charge >= 0.3 is 0 Å². The number of carbonyl (C=O) groups is 2. The molecule has 1 fully saturated rings. The number of hydrogen-bond donors (Lipinski definition) is 3. The Balaban J connectivity index is 0.000000265. The number of hydrogen-bond acceptors (Lipinski definition) is 4. The number of benzene rings is 1. The summed E-state index contributed by atoms with van der Waals surface area (Å²) >= 11 is 0. The molecule has 2 aromatic heterocycles. The lowest BCUT2D eigenvalue weighted by molar-refractivity contribution is -0.117. The lowest BCUT2D eigenvalue weighted by Crippen LogP contribution is -2.19. The van der Waals surface area contributed by atoms with Crippen LogP contribution in [0, 0.1) is 6.92 Å². The highest BCUT2D eigenvalue weighted by Crippen LogP contribution is 2.27. The monoisotopic (exact) mass is 409 g/mol. The fraction of sp³-hybridized carbons (Fsp3) is 0.391. The van der Waals surface area contributed by atoms with Gasteiger partial charge in [-0.25, -0.2) is 0 Å². The number of primary amides is 1. The first-order valence-corrected chi connectivity index (χ1v) is 10.4. The Hall–Kier alpha value is -3.22. The summed E-state index contributed by atoms with van der Waals surface area (Å²) in [5, 5.41) is 11.8. The van der Waals surface area contributed by atoms with Crippen LogP contribution in [0.2, 0.25) is 0 Å². The molecule has 4 rings (SSSR count). The molecule has 1 aromatic carbocycles. The van der Waals surface area contributed by atoms with Crippen molar-refractivity contribution >= 4 is 22.7 Å². The summed E-state index contributed by atoms with van der Waals surface area (Å²) in [6.45, 7) is 3.78. The molecule has 0 saturated heterocycles. The van der Waals surface area contributed by atoms with E-state index in [2.05, 4.69) is 33.2 Å². The molecule has 0 aliphatic heterocycles. The van der Waals surface area contributed by atoms with Crippen molar-refractivity contribution in [3.05, 3.63) is 47.8 Å². The Morgan fingerprint density at radius 2 is 1.67 bits per heavy atom. The Morgan fingerprint density at radius 1 is 1.03 bits per heavy atom. The molecule has 7 nitrogen and oxygen atoms in total. The van der Waals surface area contributed by atoms with Gasteiger partial charge < -0.3 is 16.0 Å². The number of aromatic amines is 1. The van der Waals surface area contributed by atoms with E-state index in [1.807, 2.05) is 30.5 Å². The molecule has 4 N–H and O–H groups in total. The van der Waals surface area contributed by atoms with E-state index in [9.17, 15) is 9.59 Å². The molecule has 0 bridgehead atoms. The van der Waals surface area contributed by atoms with E-state index < -0.39 is 0 Å². The SMILES string of the molecule is C1CCCC1.CCC(N)=O.CNC(=O)c1ccc(-c2ccc3[nH]ccc3c2C)nn1. The number of H-pyrrole nitrogens is 1. The van der Waals surface area contributed by atoms with Gasteiger partial charge in [0.25, 0.3) is 5.91 Å². The Kier molecular flexibility index (Phi) is 9.00. The number of rotatable bonds is 3. The average molecular weight is 410 g/mol. The van der Waals surface area contributed by atoms with Gasteiger partial charge in [0.05, 0.1) is 5.69 Å². The van der Waals surface area contributed by atoms with Gasteiger partial charge in [0, 0.05) is 36.1 Å². The molecule has 0 radical (unpaired) electrons. The zero-order valence-electron chi connectivity index (χ0n) is 18.0. The second-order valence-electron chi connectivity index (χ2n) is 7.15. The third-order valence-electron chi connectivity index (χ3n) is 5.00. The number of aryl methyl sites for hydroxylation is 1. The molecule has 30 heavy (non-hydrogen) atoms. The van der Waals surface area contributed by atoms with Crippen molar-refractivity contribution in [1.29, 1.82) is 0 Å². The molecule has 3 aromatic rings. The molecule has 1 aliphatic carbocycles. The lowest BCUT2D eigenvalue weighted by Gasteiger charge is -2.06. The zero-order chi connectivity index (χ0) is 21.9. The highest BCUT2D eigenvalue weighted by molar-refractivity contribution is 5.92. The van der Waals surface area contributed by atoms with Crippen molar-refractivity contribution in [2.45, 2.75) is 52.4 Å². The van der Waals surface area contributed by atoms with Crippen molar-refractivity contribution in [1.82, 2.24) is 20.5 Å². The summed E-state index contributed by atoms with van der Waals surface area (Å²) in [7, 11) is 1.57. The summed E-state index contributed by atoms with van der Waals surface area (Å²) < 4.78 is 0. The van der Waals surface area contributed by atoms with Crippen molar-refractivity contribution < 1.29 is 9.59 Å². The van der Waals surface area contributed by atoms with Crippen molar-refractivity contribution in [2.24, 2.45) is 5.73 Å². The van der Waals surface area contributed by atoms with Crippen LogP contribution >= 0.6 is 0 Å². The van der Waals surface area contributed by atoms with Gasteiger partial charge in [-0.3, -0.25) is 9.59 Å². The smallest absolute Gasteiger partial charge is 0.271 e. The van der Waals surface area contributed by atoms with E-state index in [1.165, 1.54) is 37.5 Å². The molecule has 7 heteroatoms. The fourth-order valence-electron chi connectivity index (χ4n) is 3.17. The van der Waals surface area contributed by atoms with E-state index in [4.69, 9.17) is 0 Å². The molecule has 2 amide bonds. The first kappa shape index (κ1) is 23.1. The largest absolute Gasteiger partial charge is 0.370 e. The Labute approximate surface area is 177 Å². The second kappa shape index (κ2) is 11.7. The minimum absolute atomic E-state index is 0.234. The van der Waals surface area contributed by atoms with Crippen molar-refractivity contribution in [3.8, 4) is 11.3 Å². The van der Waals surface area contributed by atoms with Gasteiger partial charge in [-0.15, -0.1) is 10.2 Å². The van der Waals surface area contributed by atoms with Gasteiger partial charge in [-0.05, 0) is 36.8 Å². The third kappa shape index (κ3) is 6.40. The molecule has 0 atom stereocenters. The maximum atomic E-state index is 11.5. The summed E-state index contributed by atoms with van der Waals surface area (Å²) in [6, 6.07) is 9.57. The topological polar surface area (TPSA) is 114 Å². The summed E-state index contributed by atoms with van der Waals surface area (Å²) in [5.74, 6) is -0.480. The molecule has 1 saturated carbocycles. The molecule has 160 valence electrons. The van der Waals surface area contributed by atoms with Crippen molar-refractivity contribution in [3.63, 3.8) is 0 Å². The third-order valence-corrected chi connectivity index (χ3v) is 5.00. The van der Waals surface area contributed by atoms with E-state index in [0.717, 1.165) is 22.3 Å². The van der Waals surface area contributed by atoms with Crippen LogP contribution < -0.4 is 11.1 Å². The van der Waals surface area contributed by atoms with Crippen LogP contribution in [0.4, 0.5) is 0 Å². The second-order valence-corrected chi connectivity index (χ2v) is 7.15. The molecular formula is C23H31N5O2. The molecule has 0 unspecified atom stereocenters. The van der Waals surface area contributed by atoms with Gasteiger partial charge in [0.15, 0.2) is 5.69 Å². The van der Waals surface area contributed by atoms with Gasteiger partial charge in [-0.1, -0.05) is 45.1 Å². The van der Waals surface area contributed by atoms with Crippen LogP contribution in [0.25, 0.3) is 22.2 Å². The minimum atomic E-state index is -0.245. The number of nitrogens with one attached hydrogen (secondary N) is 2. The van der Waals surface area contributed by atoms with Gasteiger partial charge in [0.1, 0.15) is 0 Å². The van der Waals surface area contributed by atoms with Crippen LogP contribution in [-0.4, -0.2) is 34.0 Å². The molecule has 0 spiro atoms. The van der Waals surface area contributed by atoms with Crippen LogP contribution in [0.3, 0.4) is 0 Å². The van der Waals surface area contributed by atoms with Crippen LogP contribution in [0.5, 0.6) is 0 Å². The van der Waals surface area contributed by atoms with Gasteiger partial charge in [-0.2, -0.15) is 0 Å². The predicted molar refractivity (Wildman–Crippen MR) is 120 cm³/mol. The zero-order valence-corrected chi connectivity index (χ0v) is 18.0. The first-order chi connectivity index (χ1) is 14.5. The molecule has 1 aliphatic rings. The summed E-state index contributed by atoms with van der Waals surface area (Å²) in [4.78, 5) is 24.2. The fourth-order valence-corrected chi connectivity index (χ4v) is 3.17. The van der Waals surface area contributed by atoms with Crippen LogP contribution in [0.1, 0.15) is 61.5 Å². The van der Waals surface area contributed by atoms with E-state index >= 15 is 0 Å². The minimum Gasteiger partial charge on any atom is -0.370 e. The standard InChI is InChI=1S/C15H14N4O.C5H10.C3H7NO/c1-9-10(3-4-12-11(9)7-8-17-12)13-5-6-14(19-18-13)15(20)16-2;1-2-4-5-3-1;1-2-3(4)5/h3-8,17H,1-2H3,(H,16,20);1-5H2;2H2,1H3,(H2,4,5). The number of amides is 2.